The van der Waals surface area contributed by atoms with E-state index in [9.17, 15) is 24.8 Å². The van der Waals surface area contributed by atoms with Crippen molar-refractivity contribution in [2.24, 2.45) is 0 Å². The van der Waals surface area contributed by atoms with Crippen molar-refractivity contribution in [1.29, 1.82) is 0 Å². The Morgan fingerprint density at radius 3 is 2.42 bits per heavy atom. The van der Waals surface area contributed by atoms with Gasteiger partial charge in [-0.25, -0.2) is 4.79 Å². The Kier molecular flexibility index (Phi) is 7.08. The van der Waals surface area contributed by atoms with Gasteiger partial charge in [-0.15, -0.1) is 0 Å². The quantitative estimate of drug-likeness (QED) is 0.532. The van der Waals surface area contributed by atoms with Crippen molar-refractivity contribution >= 4 is 17.6 Å². The average Bonchev–Trinajstić information content (AvgIpc) is 2.52. The lowest BCUT2D eigenvalue weighted by molar-refractivity contribution is -0.385. The average molecular weight is 368 g/mol. The molecule has 1 aromatic carbocycles. The fraction of sp³-hybridized carbons (Fsp3) is 0.529. The molecule has 1 amide bonds. The molecule has 0 fully saturated rings. The molecule has 0 heterocycles. The third-order valence-corrected chi connectivity index (χ3v) is 3.56. The van der Waals surface area contributed by atoms with E-state index >= 15 is 0 Å². The van der Waals surface area contributed by atoms with E-state index in [0.717, 1.165) is 6.07 Å². The highest BCUT2D eigenvalue weighted by Gasteiger charge is 2.25. The van der Waals surface area contributed by atoms with Crippen LogP contribution in [0.5, 0.6) is 5.75 Å². The maximum atomic E-state index is 12.4. The largest absolute Gasteiger partial charge is 0.496 e. The molecule has 0 bridgehead atoms. The highest BCUT2D eigenvalue weighted by Crippen LogP contribution is 2.29. The molecule has 2 N–H and O–H groups in total. The first-order valence-corrected chi connectivity index (χ1v) is 7.97. The first-order valence-electron chi connectivity index (χ1n) is 7.97. The van der Waals surface area contributed by atoms with Crippen LogP contribution < -0.4 is 10.1 Å². The minimum Gasteiger partial charge on any atom is -0.496 e. The lowest BCUT2D eigenvalue weighted by Crippen LogP contribution is -2.42. The van der Waals surface area contributed by atoms with Gasteiger partial charge in [0.25, 0.3) is 11.6 Å². The van der Waals surface area contributed by atoms with Gasteiger partial charge in [0.1, 0.15) is 11.8 Å². The van der Waals surface area contributed by atoms with Gasteiger partial charge in [-0.1, -0.05) is 0 Å². The van der Waals surface area contributed by atoms with E-state index in [0.29, 0.717) is 0 Å². The molecule has 144 valence electrons. The van der Waals surface area contributed by atoms with E-state index in [-0.39, 0.29) is 35.6 Å². The van der Waals surface area contributed by atoms with Crippen LogP contribution >= 0.6 is 0 Å². The van der Waals surface area contributed by atoms with Crippen LogP contribution in [0.15, 0.2) is 12.1 Å². The summed E-state index contributed by atoms with van der Waals surface area (Å²) < 4.78 is 10.5. The van der Waals surface area contributed by atoms with Gasteiger partial charge in [-0.3, -0.25) is 14.9 Å². The summed E-state index contributed by atoms with van der Waals surface area (Å²) in [4.78, 5) is 34.3. The number of hydrogen-bond donors (Lipinski definition) is 2. The van der Waals surface area contributed by atoms with Gasteiger partial charge in [0.2, 0.25) is 0 Å². The molecule has 1 unspecified atom stereocenters. The van der Waals surface area contributed by atoms with Gasteiger partial charge in [-0.2, -0.15) is 0 Å². The van der Waals surface area contributed by atoms with Crippen molar-refractivity contribution in [3.8, 4) is 5.75 Å². The number of amides is 1. The first kappa shape index (κ1) is 21.4. The molecule has 9 nitrogen and oxygen atoms in total. The van der Waals surface area contributed by atoms with Crippen LogP contribution in [-0.4, -0.2) is 47.3 Å². The number of hydrogen-bond acceptors (Lipinski definition) is 6. The van der Waals surface area contributed by atoms with Crippen molar-refractivity contribution in [2.45, 2.75) is 45.8 Å². The number of carbonyl (C=O) groups is 2. The van der Waals surface area contributed by atoms with Crippen LogP contribution in [0.25, 0.3) is 0 Å². The third-order valence-electron chi connectivity index (χ3n) is 3.56. The molecule has 9 heteroatoms. The lowest BCUT2D eigenvalue weighted by atomic mass is 10.1. The molecule has 0 aliphatic rings. The predicted octanol–water partition coefficient (Wildman–Crippen LogP) is 2.30. The van der Waals surface area contributed by atoms with Gasteiger partial charge < -0.3 is 19.9 Å². The number of carboxylic acids is 1. The van der Waals surface area contributed by atoms with Gasteiger partial charge >= 0.3 is 5.97 Å². The second kappa shape index (κ2) is 8.61. The molecule has 0 aliphatic heterocycles. The van der Waals surface area contributed by atoms with Crippen molar-refractivity contribution in [2.75, 3.05) is 13.7 Å². The summed E-state index contributed by atoms with van der Waals surface area (Å²) in [5.41, 5.74) is -0.486. The SMILES string of the molecule is COc1cc(C(=O)NC(CCOC(C)(C)C)C(=O)O)cc([N+](=O)[O-])c1C. The summed E-state index contributed by atoms with van der Waals surface area (Å²) in [5, 5.41) is 22.8. The van der Waals surface area contributed by atoms with Crippen LogP contribution in [0.1, 0.15) is 43.1 Å². The summed E-state index contributed by atoms with van der Waals surface area (Å²) in [7, 11) is 1.33. The Balaban J connectivity index is 2.97. The van der Waals surface area contributed by atoms with Crippen molar-refractivity contribution < 1.29 is 29.1 Å². The number of ether oxygens (including phenoxy) is 2. The minimum absolute atomic E-state index is 0.0536. The number of aliphatic carboxylic acids is 1. The van der Waals surface area contributed by atoms with Crippen LogP contribution in [0.4, 0.5) is 5.69 Å². The summed E-state index contributed by atoms with van der Waals surface area (Å²) in [6.07, 6.45) is 0.0590. The normalized spacial score (nSPS) is 12.3. The number of nitrogens with one attached hydrogen (secondary N) is 1. The standard InChI is InChI=1S/C17H24N2O7/c1-10-13(19(23)24)8-11(9-14(10)25-5)15(20)18-12(16(21)22)6-7-26-17(2,3)4/h8-9,12H,6-7H2,1-5H3,(H,18,20)(H,21,22). The van der Waals surface area contributed by atoms with E-state index in [1.807, 2.05) is 20.8 Å². The summed E-state index contributed by atoms with van der Waals surface area (Å²) in [6.45, 7) is 7.14. The smallest absolute Gasteiger partial charge is 0.326 e. The molecule has 1 rings (SSSR count). The molecule has 0 saturated carbocycles. The zero-order valence-corrected chi connectivity index (χ0v) is 15.5. The van der Waals surface area contributed by atoms with E-state index in [1.54, 1.807) is 0 Å². The summed E-state index contributed by atoms with van der Waals surface area (Å²) in [6, 6.07) is 1.25. The van der Waals surface area contributed by atoms with Crippen molar-refractivity contribution in [1.82, 2.24) is 5.32 Å². The number of nitro benzene ring substituents is 1. The Morgan fingerprint density at radius 2 is 1.96 bits per heavy atom. The maximum absolute atomic E-state index is 12.4. The third kappa shape index (κ3) is 5.99. The second-order valence-electron chi connectivity index (χ2n) is 6.69. The summed E-state index contributed by atoms with van der Waals surface area (Å²) >= 11 is 0. The molecular formula is C17H24N2O7. The number of nitrogens with zero attached hydrogens (tertiary/aromatic N) is 1. The predicted molar refractivity (Wildman–Crippen MR) is 93.6 cm³/mol. The second-order valence-corrected chi connectivity index (χ2v) is 6.69. The van der Waals surface area contributed by atoms with Gasteiger partial charge in [-0.05, 0) is 33.8 Å². The van der Waals surface area contributed by atoms with E-state index in [2.05, 4.69) is 5.32 Å². The van der Waals surface area contributed by atoms with Crippen molar-refractivity contribution in [3.63, 3.8) is 0 Å². The zero-order valence-electron chi connectivity index (χ0n) is 15.5. The highest BCUT2D eigenvalue weighted by molar-refractivity contribution is 5.97. The number of carbonyl (C=O) groups excluding carboxylic acids is 1. The topological polar surface area (TPSA) is 128 Å². The van der Waals surface area contributed by atoms with Crippen LogP contribution in [0, 0.1) is 17.0 Å². The van der Waals surface area contributed by atoms with E-state index in [1.165, 1.54) is 20.1 Å². The summed E-state index contributed by atoms with van der Waals surface area (Å²) in [5.74, 6) is -1.79. The van der Waals surface area contributed by atoms with Crippen LogP contribution in [-0.2, 0) is 9.53 Å². The number of methoxy groups -OCH3 is 1. The molecule has 0 radical (unpaired) electrons. The van der Waals surface area contributed by atoms with Gasteiger partial charge in [0, 0.05) is 24.7 Å². The molecule has 0 aliphatic carbocycles. The van der Waals surface area contributed by atoms with E-state index < -0.39 is 28.4 Å². The molecule has 0 spiro atoms. The van der Waals surface area contributed by atoms with Crippen LogP contribution in [0.2, 0.25) is 0 Å². The Morgan fingerprint density at radius 1 is 1.35 bits per heavy atom. The molecular weight excluding hydrogens is 344 g/mol. The lowest BCUT2D eigenvalue weighted by Gasteiger charge is -2.21. The van der Waals surface area contributed by atoms with Gasteiger partial charge in [0.05, 0.1) is 23.2 Å². The molecule has 0 aromatic heterocycles. The number of benzene rings is 1. The molecule has 1 atom stereocenters. The van der Waals surface area contributed by atoms with Crippen molar-refractivity contribution in [3.05, 3.63) is 33.4 Å². The fourth-order valence-corrected chi connectivity index (χ4v) is 2.19. The molecule has 26 heavy (non-hydrogen) atoms. The molecule has 0 saturated heterocycles. The monoisotopic (exact) mass is 368 g/mol. The highest BCUT2D eigenvalue weighted by atomic mass is 16.6. The molecule has 1 aromatic rings. The Hall–Kier alpha value is -2.68. The van der Waals surface area contributed by atoms with Crippen LogP contribution in [0.3, 0.4) is 0 Å². The maximum Gasteiger partial charge on any atom is 0.326 e. The van der Waals surface area contributed by atoms with E-state index in [4.69, 9.17) is 9.47 Å². The number of carboxylic acid groups (broad SMARTS) is 1. The number of rotatable bonds is 8. The zero-order chi connectivity index (χ0) is 20.1. The first-order chi connectivity index (χ1) is 12.0. The Bertz CT molecular complexity index is 695. The minimum atomic E-state index is -1.22. The Labute approximate surface area is 151 Å². The number of nitro groups is 1. The fourth-order valence-electron chi connectivity index (χ4n) is 2.19. The van der Waals surface area contributed by atoms with Gasteiger partial charge in [0.15, 0.2) is 0 Å².